The number of alkyl halides is 3. The summed E-state index contributed by atoms with van der Waals surface area (Å²) in [6.07, 6.45) is -3.46. The van der Waals surface area contributed by atoms with Gasteiger partial charge in [0.05, 0.1) is 32.6 Å². The van der Waals surface area contributed by atoms with Crippen LogP contribution in [0.1, 0.15) is 28.8 Å². The summed E-state index contributed by atoms with van der Waals surface area (Å²) in [7, 11) is 0. The largest absolute Gasteiger partial charge is 0.418 e. The number of amides is 1. The van der Waals surface area contributed by atoms with E-state index in [0.29, 0.717) is 18.5 Å². The van der Waals surface area contributed by atoms with E-state index < -0.39 is 23.2 Å². The van der Waals surface area contributed by atoms with Gasteiger partial charge in [0, 0.05) is 5.69 Å². The zero-order valence-corrected chi connectivity index (χ0v) is 16.5. The average molecular weight is 446 g/mol. The molecular weight excluding hydrogens is 434 g/mol. The van der Waals surface area contributed by atoms with Crippen molar-refractivity contribution in [2.24, 2.45) is 0 Å². The van der Waals surface area contributed by atoms with Crippen molar-refractivity contribution in [3.05, 3.63) is 50.6 Å². The molecule has 1 N–H and O–H groups in total. The fourth-order valence-electron chi connectivity index (χ4n) is 3.00. The van der Waals surface area contributed by atoms with Gasteiger partial charge in [-0.15, -0.1) is 0 Å². The number of rotatable bonds is 4. The topological polar surface area (TPSA) is 65.8 Å². The molecule has 1 aliphatic carbocycles. The smallest absolute Gasteiger partial charge is 0.323 e. The lowest BCUT2D eigenvalue weighted by Crippen LogP contribution is -2.17. The monoisotopic (exact) mass is 445 g/mol. The van der Waals surface area contributed by atoms with Gasteiger partial charge >= 0.3 is 6.18 Å². The Morgan fingerprint density at radius 1 is 1.29 bits per heavy atom. The second kappa shape index (κ2) is 8.19. The Bertz CT molecular complexity index is 969. The number of hydrogen-bond donors (Lipinski definition) is 1. The molecule has 0 spiro atoms. The molecule has 3 rings (SSSR count). The minimum atomic E-state index is -4.66. The summed E-state index contributed by atoms with van der Waals surface area (Å²) in [6.45, 7) is 0. The number of benzene rings is 1. The van der Waals surface area contributed by atoms with Gasteiger partial charge in [0.15, 0.2) is 0 Å². The number of nitrogens with one attached hydrogen (secondary N) is 1. The fourth-order valence-corrected chi connectivity index (χ4v) is 4.30. The Hall–Kier alpha value is -1.95. The predicted octanol–water partition coefficient (Wildman–Crippen LogP) is 5.50. The quantitative estimate of drug-likeness (QED) is 0.631. The summed E-state index contributed by atoms with van der Waals surface area (Å²) < 4.78 is 40.6. The lowest BCUT2D eigenvalue weighted by atomic mass is 10.0. The second-order valence-corrected chi connectivity index (χ2v) is 7.77. The van der Waals surface area contributed by atoms with Crippen LogP contribution in [-0.4, -0.2) is 16.6 Å². The molecule has 0 fully saturated rings. The van der Waals surface area contributed by atoms with E-state index in [0.717, 1.165) is 11.8 Å². The number of halogens is 5. The zero-order chi connectivity index (χ0) is 20.5. The minimum absolute atomic E-state index is 0.0840. The van der Waals surface area contributed by atoms with Gasteiger partial charge in [-0.1, -0.05) is 41.0 Å². The van der Waals surface area contributed by atoms with Gasteiger partial charge in [-0.25, -0.2) is 4.98 Å². The van der Waals surface area contributed by atoms with Crippen LogP contribution >= 0.6 is 35.0 Å². The Kier molecular flexibility index (Phi) is 6.08. The summed E-state index contributed by atoms with van der Waals surface area (Å²) in [4.78, 5) is 16.4. The highest BCUT2D eigenvalue weighted by Gasteiger charge is 2.40. The van der Waals surface area contributed by atoms with Crippen molar-refractivity contribution in [3.8, 4) is 6.07 Å². The molecule has 1 aliphatic rings. The van der Waals surface area contributed by atoms with Crippen molar-refractivity contribution < 1.29 is 18.0 Å². The number of hydrogen-bond acceptors (Lipinski definition) is 4. The summed E-state index contributed by atoms with van der Waals surface area (Å²) in [5, 5.41) is 12.2. The Balaban J connectivity index is 1.85. The molecular formula is C18H12Cl2F3N3OS. The predicted molar refractivity (Wildman–Crippen MR) is 102 cm³/mol. The summed E-state index contributed by atoms with van der Waals surface area (Å²) in [5.74, 6) is -0.779. The van der Waals surface area contributed by atoms with Crippen LogP contribution in [0.4, 0.5) is 18.9 Å². The Morgan fingerprint density at radius 3 is 2.57 bits per heavy atom. The van der Waals surface area contributed by atoms with Gasteiger partial charge in [0.1, 0.15) is 11.1 Å². The lowest BCUT2D eigenvalue weighted by Gasteiger charge is -2.16. The van der Waals surface area contributed by atoms with Gasteiger partial charge in [-0.3, -0.25) is 4.79 Å². The molecule has 1 aromatic carbocycles. The number of fused-ring (bicyclic) bond motifs is 1. The zero-order valence-electron chi connectivity index (χ0n) is 14.2. The molecule has 1 heterocycles. The highest BCUT2D eigenvalue weighted by molar-refractivity contribution is 8.00. The number of nitrogens with zero attached hydrogens (tertiary/aromatic N) is 2. The van der Waals surface area contributed by atoms with Crippen molar-refractivity contribution in [1.82, 2.24) is 4.98 Å². The number of carbonyl (C=O) groups is 1. The van der Waals surface area contributed by atoms with Crippen LogP contribution < -0.4 is 5.32 Å². The molecule has 146 valence electrons. The van der Waals surface area contributed by atoms with Crippen molar-refractivity contribution >= 4 is 46.6 Å². The first-order valence-corrected chi connectivity index (χ1v) is 9.86. The molecule has 4 nitrogen and oxygen atoms in total. The third-order valence-electron chi connectivity index (χ3n) is 4.15. The summed E-state index contributed by atoms with van der Waals surface area (Å²) in [6, 6.07) is 6.31. The van der Waals surface area contributed by atoms with E-state index in [9.17, 15) is 23.2 Å². The number of aromatic nitrogens is 1. The molecule has 0 saturated heterocycles. The van der Waals surface area contributed by atoms with E-state index in [1.165, 1.54) is 0 Å². The number of carbonyl (C=O) groups excluding carboxylic acids is 1. The molecule has 0 aliphatic heterocycles. The maximum absolute atomic E-state index is 13.5. The second-order valence-electron chi connectivity index (χ2n) is 5.99. The van der Waals surface area contributed by atoms with E-state index in [-0.39, 0.29) is 38.5 Å². The molecule has 0 bridgehead atoms. The third-order valence-corrected chi connectivity index (χ3v) is 5.76. The third kappa shape index (κ3) is 4.22. The lowest BCUT2D eigenvalue weighted by molar-refractivity contribution is -0.138. The van der Waals surface area contributed by atoms with Crippen LogP contribution in [0.5, 0.6) is 0 Å². The van der Waals surface area contributed by atoms with Crippen molar-refractivity contribution in [1.29, 1.82) is 5.26 Å². The summed E-state index contributed by atoms with van der Waals surface area (Å²) >= 11 is 12.7. The van der Waals surface area contributed by atoms with Crippen LogP contribution in [0.2, 0.25) is 10.0 Å². The molecule has 0 saturated carbocycles. The number of aryl methyl sites for hydroxylation is 1. The molecule has 0 unspecified atom stereocenters. The van der Waals surface area contributed by atoms with E-state index in [2.05, 4.69) is 10.3 Å². The maximum atomic E-state index is 13.5. The van der Waals surface area contributed by atoms with E-state index in [4.69, 9.17) is 23.2 Å². The average Bonchev–Trinajstić information content (AvgIpc) is 3.08. The van der Waals surface area contributed by atoms with E-state index in [1.807, 2.05) is 0 Å². The van der Waals surface area contributed by atoms with Gasteiger partial charge < -0.3 is 5.32 Å². The molecule has 10 heteroatoms. The number of para-hydroxylation sites is 1. The number of pyridine rings is 1. The van der Waals surface area contributed by atoms with Gasteiger partial charge in [-0.05, 0) is 37.0 Å². The van der Waals surface area contributed by atoms with E-state index in [1.54, 1.807) is 24.3 Å². The molecule has 2 aromatic rings. The Labute approximate surface area is 173 Å². The molecule has 1 aromatic heterocycles. The number of thioether (sulfide) groups is 1. The summed E-state index contributed by atoms with van der Waals surface area (Å²) in [5.41, 5.74) is -0.838. The van der Waals surface area contributed by atoms with Crippen LogP contribution in [0, 0.1) is 11.3 Å². The Morgan fingerprint density at radius 2 is 1.96 bits per heavy atom. The normalized spacial score (nSPS) is 13.1. The molecule has 1 amide bonds. The maximum Gasteiger partial charge on any atom is 0.418 e. The van der Waals surface area contributed by atoms with Crippen LogP contribution in [0.3, 0.4) is 0 Å². The van der Waals surface area contributed by atoms with Crippen molar-refractivity contribution in [2.75, 3.05) is 11.1 Å². The van der Waals surface area contributed by atoms with Crippen LogP contribution in [0.25, 0.3) is 0 Å². The molecule has 0 atom stereocenters. The van der Waals surface area contributed by atoms with E-state index >= 15 is 0 Å². The fraction of sp³-hybridized carbons (Fsp3) is 0.278. The van der Waals surface area contributed by atoms with Gasteiger partial charge in [0.2, 0.25) is 5.91 Å². The van der Waals surface area contributed by atoms with Gasteiger partial charge in [0.25, 0.3) is 0 Å². The first-order chi connectivity index (χ1) is 13.2. The van der Waals surface area contributed by atoms with Crippen molar-refractivity contribution in [2.45, 2.75) is 30.5 Å². The first-order valence-electron chi connectivity index (χ1n) is 8.12. The minimum Gasteiger partial charge on any atom is -0.323 e. The highest BCUT2D eigenvalue weighted by atomic mass is 35.5. The molecule has 0 radical (unpaired) electrons. The van der Waals surface area contributed by atoms with Crippen molar-refractivity contribution in [3.63, 3.8) is 0 Å². The van der Waals surface area contributed by atoms with Crippen LogP contribution in [0.15, 0.2) is 23.2 Å². The van der Waals surface area contributed by atoms with Crippen LogP contribution in [-0.2, 0) is 23.8 Å². The first kappa shape index (κ1) is 20.8. The number of nitriles is 1. The SMILES string of the molecule is N#Cc1c(SCC(=O)Nc2c(Cl)cccc2Cl)nc2c(c1C(F)(F)F)CCC2. The number of anilines is 1. The highest BCUT2D eigenvalue weighted by Crippen LogP contribution is 2.41. The standard InChI is InChI=1S/C18H12Cl2F3N3OS/c19-11-4-2-5-12(20)16(11)26-14(27)8-28-17-10(7-24)15(18(21,22)23)9-3-1-6-13(9)25-17/h2,4-5H,1,3,6,8H2,(H,26,27). The van der Waals surface area contributed by atoms with Gasteiger partial charge in [-0.2, -0.15) is 18.4 Å². The molecule has 28 heavy (non-hydrogen) atoms.